The van der Waals surface area contributed by atoms with Crippen LogP contribution in [0.25, 0.3) is 0 Å². The van der Waals surface area contributed by atoms with Crippen molar-refractivity contribution in [3.05, 3.63) is 35.4 Å². The van der Waals surface area contributed by atoms with Gasteiger partial charge in [-0.3, -0.25) is 4.79 Å². The first-order valence-corrected chi connectivity index (χ1v) is 6.07. The largest absolute Gasteiger partial charge is 0.465 e. The number of esters is 1. The van der Waals surface area contributed by atoms with E-state index in [2.05, 4.69) is 19.1 Å². The zero-order valence-electron chi connectivity index (χ0n) is 10.4. The molecule has 1 aromatic rings. The summed E-state index contributed by atoms with van der Waals surface area (Å²) < 4.78 is 10.4. The van der Waals surface area contributed by atoms with Crippen molar-refractivity contribution in [3.63, 3.8) is 0 Å². The molecule has 0 unspecified atom stereocenters. The van der Waals surface area contributed by atoms with Crippen molar-refractivity contribution in [2.75, 3.05) is 19.8 Å². The third kappa shape index (κ3) is 2.07. The lowest BCUT2D eigenvalue weighted by molar-refractivity contribution is -0.169. The molecule has 1 heterocycles. The van der Waals surface area contributed by atoms with E-state index in [9.17, 15) is 4.79 Å². The Morgan fingerprint density at radius 2 is 1.94 bits per heavy atom. The smallest absolute Gasteiger partial charge is 0.321 e. The molecule has 0 saturated carbocycles. The van der Waals surface area contributed by atoms with E-state index in [1.807, 2.05) is 19.1 Å². The molecule has 3 nitrogen and oxygen atoms in total. The molecular formula is C14H18O3. The van der Waals surface area contributed by atoms with Crippen molar-refractivity contribution in [3.8, 4) is 0 Å². The van der Waals surface area contributed by atoms with Gasteiger partial charge < -0.3 is 9.47 Å². The number of benzene rings is 1. The fourth-order valence-electron chi connectivity index (χ4n) is 2.04. The molecule has 1 aliphatic heterocycles. The monoisotopic (exact) mass is 234 g/mol. The van der Waals surface area contributed by atoms with E-state index < -0.39 is 5.41 Å². The minimum Gasteiger partial charge on any atom is -0.465 e. The summed E-state index contributed by atoms with van der Waals surface area (Å²) in [5, 5.41) is 0. The first-order valence-electron chi connectivity index (χ1n) is 6.07. The third-order valence-corrected chi connectivity index (χ3v) is 3.28. The van der Waals surface area contributed by atoms with Gasteiger partial charge in [0, 0.05) is 0 Å². The van der Waals surface area contributed by atoms with E-state index in [1.165, 1.54) is 5.56 Å². The Kier molecular flexibility index (Phi) is 3.48. The van der Waals surface area contributed by atoms with Crippen molar-refractivity contribution >= 4 is 5.97 Å². The lowest BCUT2D eigenvalue weighted by Crippen LogP contribution is -2.53. The molecular weight excluding hydrogens is 216 g/mol. The highest BCUT2D eigenvalue weighted by Gasteiger charge is 2.48. The van der Waals surface area contributed by atoms with Crippen LogP contribution in [0.2, 0.25) is 0 Å². The number of hydrogen-bond donors (Lipinski definition) is 0. The van der Waals surface area contributed by atoms with Gasteiger partial charge in [0.2, 0.25) is 0 Å². The Morgan fingerprint density at radius 1 is 1.29 bits per heavy atom. The van der Waals surface area contributed by atoms with Gasteiger partial charge >= 0.3 is 5.97 Å². The summed E-state index contributed by atoms with van der Waals surface area (Å²) in [6.45, 7) is 5.20. The van der Waals surface area contributed by atoms with E-state index in [0.29, 0.717) is 19.8 Å². The zero-order valence-corrected chi connectivity index (χ0v) is 10.4. The fourth-order valence-corrected chi connectivity index (χ4v) is 2.04. The minimum absolute atomic E-state index is 0.171. The summed E-state index contributed by atoms with van der Waals surface area (Å²) in [5.41, 5.74) is 1.70. The van der Waals surface area contributed by atoms with Gasteiger partial charge in [-0.1, -0.05) is 31.2 Å². The Labute approximate surface area is 102 Å². The number of carbonyl (C=O) groups excluding carboxylic acids is 1. The average molecular weight is 234 g/mol. The lowest BCUT2D eigenvalue weighted by atomic mass is 9.78. The maximum absolute atomic E-state index is 12.0. The predicted molar refractivity (Wildman–Crippen MR) is 65.0 cm³/mol. The molecule has 0 bridgehead atoms. The van der Waals surface area contributed by atoms with Crippen molar-refractivity contribution in [2.45, 2.75) is 25.7 Å². The molecule has 92 valence electrons. The fraction of sp³-hybridized carbons (Fsp3) is 0.500. The zero-order chi connectivity index (χ0) is 12.3. The molecule has 0 amide bonds. The van der Waals surface area contributed by atoms with Gasteiger partial charge in [0.05, 0.1) is 19.8 Å². The van der Waals surface area contributed by atoms with Crippen LogP contribution >= 0.6 is 0 Å². The molecule has 0 N–H and O–H groups in total. The first-order chi connectivity index (χ1) is 8.23. The molecule has 1 fully saturated rings. The van der Waals surface area contributed by atoms with Gasteiger partial charge in [-0.05, 0) is 24.5 Å². The molecule has 2 rings (SSSR count). The van der Waals surface area contributed by atoms with Gasteiger partial charge in [0.1, 0.15) is 5.41 Å². The molecule has 1 aliphatic rings. The third-order valence-electron chi connectivity index (χ3n) is 3.28. The van der Waals surface area contributed by atoms with E-state index in [-0.39, 0.29) is 5.97 Å². The highest BCUT2D eigenvalue weighted by atomic mass is 16.6. The van der Waals surface area contributed by atoms with Gasteiger partial charge in [-0.15, -0.1) is 0 Å². The topological polar surface area (TPSA) is 35.5 Å². The number of hydrogen-bond acceptors (Lipinski definition) is 3. The second-order valence-electron chi connectivity index (χ2n) is 4.35. The Balaban J connectivity index is 2.24. The van der Waals surface area contributed by atoms with Crippen molar-refractivity contribution < 1.29 is 14.3 Å². The highest BCUT2D eigenvalue weighted by Crippen LogP contribution is 2.34. The van der Waals surface area contributed by atoms with Crippen LogP contribution in [0.5, 0.6) is 0 Å². The molecule has 0 aromatic heterocycles. The summed E-state index contributed by atoms with van der Waals surface area (Å²) >= 11 is 0. The number of carbonyl (C=O) groups is 1. The van der Waals surface area contributed by atoms with Crippen LogP contribution in [-0.2, 0) is 26.1 Å². The molecule has 3 heteroatoms. The Bertz CT molecular complexity index is 390. The molecule has 17 heavy (non-hydrogen) atoms. The van der Waals surface area contributed by atoms with Crippen LogP contribution in [0.1, 0.15) is 25.0 Å². The standard InChI is InChI=1S/C14H18O3/c1-3-11-5-7-12(8-6-11)14(9-16-10-14)13(15)17-4-2/h5-8H,3-4,9-10H2,1-2H3. The van der Waals surface area contributed by atoms with Crippen LogP contribution in [-0.4, -0.2) is 25.8 Å². The molecule has 0 atom stereocenters. The van der Waals surface area contributed by atoms with Crippen molar-refractivity contribution in [2.24, 2.45) is 0 Å². The predicted octanol–water partition coefficient (Wildman–Crippen LogP) is 2.08. The van der Waals surface area contributed by atoms with Crippen LogP contribution < -0.4 is 0 Å². The van der Waals surface area contributed by atoms with E-state index >= 15 is 0 Å². The lowest BCUT2D eigenvalue weighted by Gasteiger charge is -2.39. The Hall–Kier alpha value is -1.35. The van der Waals surface area contributed by atoms with Gasteiger partial charge in [-0.2, -0.15) is 0 Å². The summed E-state index contributed by atoms with van der Waals surface area (Å²) in [5.74, 6) is -0.171. The van der Waals surface area contributed by atoms with Crippen LogP contribution in [0.15, 0.2) is 24.3 Å². The minimum atomic E-state index is -0.567. The molecule has 1 aromatic carbocycles. The normalized spacial score (nSPS) is 17.3. The van der Waals surface area contributed by atoms with Gasteiger partial charge in [0.15, 0.2) is 0 Å². The van der Waals surface area contributed by atoms with Crippen molar-refractivity contribution in [1.82, 2.24) is 0 Å². The number of ether oxygens (including phenoxy) is 2. The number of aryl methyl sites for hydroxylation is 1. The maximum Gasteiger partial charge on any atom is 0.321 e. The van der Waals surface area contributed by atoms with Gasteiger partial charge in [-0.25, -0.2) is 0 Å². The maximum atomic E-state index is 12.0. The summed E-state index contributed by atoms with van der Waals surface area (Å²) in [4.78, 5) is 12.0. The van der Waals surface area contributed by atoms with Crippen LogP contribution in [0.4, 0.5) is 0 Å². The van der Waals surface area contributed by atoms with Crippen LogP contribution in [0, 0.1) is 0 Å². The summed E-state index contributed by atoms with van der Waals surface area (Å²) in [6.07, 6.45) is 1.00. The molecule has 1 saturated heterocycles. The summed E-state index contributed by atoms with van der Waals surface area (Å²) in [7, 11) is 0. The Morgan fingerprint density at radius 3 is 2.35 bits per heavy atom. The summed E-state index contributed by atoms with van der Waals surface area (Å²) in [6, 6.07) is 8.15. The van der Waals surface area contributed by atoms with E-state index in [1.54, 1.807) is 0 Å². The molecule has 0 spiro atoms. The number of rotatable bonds is 4. The molecule has 0 aliphatic carbocycles. The highest BCUT2D eigenvalue weighted by molar-refractivity contribution is 5.84. The second-order valence-corrected chi connectivity index (χ2v) is 4.35. The van der Waals surface area contributed by atoms with Crippen molar-refractivity contribution in [1.29, 1.82) is 0 Å². The SMILES string of the molecule is CCOC(=O)C1(c2ccc(CC)cc2)COC1. The van der Waals surface area contributed by atoms with Crippen LogP contribution in [0.3, 0.4) is 0 Å². The second kappa shape index (κ2) is 4.88. The first kappa shape index (κ1) is 12.1. The average Bonchev–Trinajstić information content (AvgIpc) is 2.29. The van der Waals surface area contributed by atoms with E-state index in [0.717, 1.165) is 12.0 Å². The molecule has 0 radical (unpaired) electrons. The van der Waals surface area contributed by atoms with Gasteiger partial charge in [0.25, 0.3) is 0 Å². The quantitative estimate of drug-likeness (QED) is 0.748. The van der Waals surface area contributed by atoms with E-state index in [4.69, 9.17) is 9.47 Å².